The van der Waals surface area contributed by atoms with E-state index in [1.54, 1.807) is 17.0 Å². The van der Waals surface area contributed by atoms with Gasteiger partial charge in [-0.3, -0.25) is 4.98 Å². The van der Waals surface area contributed by atoms with E-state index in [1.165, 1.54) is 4.31 Å². The summed E-state index contributed by atoms with van der Waals surface area (Å²) in [4.78, 5) is 7.73. The molecule has 2 aromatic rings. The summed E-state index contributed by atoms with van der Waals surface area (Å²) in [5.41, 5.74) is 0. The third kappa shape index (κ3) is 2.62. The molecule has 0 aliphatic carbocycles. The van der Waals surface area contributed by atoms with Gasteiger partial charge in [-0.2, -0.15) is 4.31 Å². The Bertz CT molecular complexity index is 776. The smallest absolute Gasteiger partial charge is 0.245 e. The number of nitrogens with one attached hydrogen (secondary N) is 1. The van der Waals surface area contributed by atoms with Crippen LogP contribution in [0.3, 0.4) is 0 Å². The van der Waals surface area contributed by atoms with Crippen molar-refractivity contribution in [3.63, 3.8) is 0 Å². The lowest BCUT2D eigenvalue weighted by Gasteiger charge is -2.34. The molecule has 1 aliphatic heterocycles. The van der Waals surface area contributed by atoms with Crippen molar-refractivity contribution < 1.29 is 12.8 Å². The second-order valence-corrected chi connectivity index (χ2v) is 6.96. The van der Waals surface area contributed by atoms with Crippen LogP contribution in [0.4, 0.5) is 4.39 Å². The van der Waals surface area contributed by atoms with Crippen LogP contribution in [-0.4, -0.2) is 46.9 Å². The fourth-order valence-corrected chi connectivity index (χ4v) is 4.12. The Morgan fingerprint density at radius 3 is 2.91 bits per heavy atom. The Morgan fingerprint density at radius 2 is 2.23 bits per heavy atom. The van der Waals surface area contributed by atoms with Crippen LogP contribution < -0.4 is 5.32 Å². The molecule has 1 atom stereocenters. The molecule has 7 nitrogen and oxygen atoms in total. The number of aryl methyl sites for hydroxylation is 1. The summed E-state index contributed by atoms with van der Waals surface area (Å²) in [6, 6.07) is 0.543. The second-order valence-electron chi connectivity index (χ2n) is 5.07. The Balaban J connectivity index is 2.02. The molecule has 0 amide bonds. The van der Waals surface area contributed by atoms with E-state index in [4.69, 9.17) is 0 Å². The van der Waals surface area contributed by atoms with Crippen molar-refractivity contribution in [3.8, 4) is 0 Å². The van der Waals surface area contributed by atoms with E-state index in [2.05, 4.69) is 15.3 Å². The fourth-order valence-electron chi connectivity index (χ4n) is 2.56. The number of aromatic nitrogens is 3. The van der Waals surface area contributed by atoms with Crippen LogP contribution in [0.15, 0.2) is 35.7 Å². The van der Waals surface area contributed by atoms with Crippen molar-refractivity contribution in [3.05, 3.63) is 42.5 Å². The molecule has 1 fully saturated rings. The largest absolute Gasteiger partial charge is 0.337 e. The second kappa shape index (κ2) is 5.75. The maximum absolute atomic E-state index is 13.3. The van der Waals surface area contributed by atoms with Crippen LogP contribution in [0.5, 0.6) is 0 Å². The summed E-state index contributed by atoms with van der Waals surface area (Å²) in [7, 11) is -2.03. The van der Waals surface area contributed by atoms with E-state index >= 15 is 0 Å². The average molecular weight is 325 g/mol. The molecule has 3 heterocycles. The topological polar surface area (TPSA) is 80.1 Å². The first-order valence-corrected chi connectivity index (χ1v) is 8.24. The summed E-state index contributed by atoms with van der Waals surface area (Å²) in [5, 5.41) is 3.17. The normalized spacial score (nSPS) is 20.2. The van der Waals surface area contributed by atoms with E-state index < -0.39 is 21.9 Å². The SMILES string of the molecule is Cn1ccnc1C1CNCCN1S(=O)(=O)c1cncc(F)c1. The Kier molecular flexibility index (Phi) is 3.94. The standard InChI is InChI=1S/C13H16FN5O2S/c1-18-4-3-17-13(18)12-9-15-2-5-19(12)22(20,21)11-6-10(14)7-16-8-11/h3-4,6-8,12,15H,2,5,9H2,1H3. The lowest BCUT2D eigenvalue weighted by molar-refractivity contribution is 0.258. The third-order valence-corrected chi connectivity index (χ3v) is 5.51. The molecule has 22 heavy (non-hydrogen) atoms. The maximum Gasteiger partial charge on any atom is 0.245 e. The summed E-state index contributed by atoms with van der Waals surface area (Å²) in [6.45, 7) is 1.27. The van der Waals surface area contributed by atoms with Crippen LogP contribution in [0, 0.1) is 5.82 Å². The van der Waals surface area contributed by atoms with Crippen molar-refractivity contribution in [2.24, 2.45) is 7.05 Å². The molecule has 1 aliphatic rings. The van der Waals surface area contributed by atoms with Crippen molar-refractivity contribution in [2.75, 3.05) is 19.6 Å². The van der Waals surface area contributed by atoms with Crippen molar-refractivity contribution in [2.45, 2.75) is 10.9 Å². The van der Waals surface area contributed by atoms with Crippen molar-refractivity contribution in [1.29, 1.82) is 0 Å². The predicted molar refractivity (Wildman–Crippen MR) is 76.9 cm³/mol. The zero-order chi connectivity index (χ0) is 15.7. The first-order valence-electron chi connectivity index (χ1n) is 6.80. The van der Waals surface area contributed by atoms with Crippen LogP contribution in [0.1, 0.15) is 11.9 Å². The van der Waals surface area contributed by atoms with Gasteiger partial charge in [-0.1, -0.05) is 0 Å². The lowest BCUT2D eigenvalue weighted by Crippen LogP contribution is -2.49. The number of hydrogen-bond acceptors (Lipinski definition) is 5. The third-order valence-electron chi connectivity index (χ3n) is 3.64. The molecule has 0 bridgehead atoms. The Hall–Kier alpha value is -1.84. The van der Waals surface area contributed by atoms with Crippen LogP contribution in [0.25, 0.3) is 0 Å². The van der Waals surface area contributed by atoms with Gasteiger partial charge in [0.2, 0.25) is 10.0 Å². The summed E-state index contributed by atoms with van der Waals surface area (Å²) in [5.74, 6) is -0.0371. The molecular formula is C13H16FN5O2S. The number of sulfonamides is 1. The highest BCUT2D eigenvalue weighted by atomic mass is 32.2. The highest BCUT2D eigenvalue weighted by molar-refractivity contribution is 7.89. The zero-order valence-electron chi connectivity index (χ0n) is 12.0. The highest BCUT2D eigenvalue weighted by Crippen LogP contribution is 2.27. The van der Waals surface area contributed by atoms with Crippen LogP contribution in [0.2, 0.25) is 0 Å². The average Bonchev–Trinajstić information content (AvgIpc) is 2.93. The number of imidazole rings is 1. The molecule has 1 saturated heterocycles. The molecule has 0 spiro atoms. The molecule has 1 N–H and O–H groups in total. The van der Waals surface area contributed by atoms with Gasteiger partial charge in [0.05, 0.1) is 12.2 Å². The van der Waals surface area contributed by atoms with Gasteiger partial charge in [0.25, 0.3) is 0 Å². The van der Waals surface area contributed by atoms with E-state index in [1.807, 2.05) is 7.05 Å². The number of rotatable bonds is 3. The molecule has 0 radical (unpaired) electrons. The first-order chi connectivity index (χ1) is 10.5. The van der Waals surface area contributed by atoms with Gasteiger partial charge in [-0.15, -0.1) is 0 Å². The van der Waals surface area contributed by atoms with Gasteiger partial charge in [0.1, 0.15) is 16.5 Å². The number of piperazine rings is 1. The maximum atomic E-state index is 13.3. The van der Waals surface area contributed by atoms with Crippen LogP contribution in [-0.2, 0) is 17.1 Å². The van der Waals surface area contributed by atoms with Gasteiger partial charge in [0.15, 0.2) is 0 Å². The molecule has 3 rings (SSSR count). The monoisotopic (exact) mass is 325 g/mol. The van der Waals surface area contributed by atoms with E-state index in [0.717, 1.165) is 18.5 Å². The van der Waals surface area contributed by atoms with Gasteiger partial charge < -0.3 is 9.88 Å². The molecule has 0 saturated carbocycles. The van der Waals surface area contributed by atoms with E-state index in [0.29, 0.717) is 18.9 Å². The number of pyridine rings is 1. The Labute approximate surface area is 127 Å². The van der Waals surface area contributed by atoms with Gasteiger partial charge in [-0.25, -0.2) is 17.8 Å². The minimum Gasteiger partial charge on any atom is -0.337 e. The molecule has 9 heteroatoms. The van der Waals surface area contributed by atoms with Crippen molar-refractivity contribution >= 4 is 10.0 Å². The van der Waals surface area contributed by atoms with Crippen LogP contribution >= 0.6 is 0 Å². The summed E-state index contributed by atoms with van der Waals surface area (Å²) < 4.78 is 42.1. The van der Waals surface area contributed by atoms with Gasteiger partial charge in [0, 0.05) is 45.3 Å². The fraction of sp³-hybridized carbons (Fsp3) is 0.385. The number of hydrogen-bond donors (Lipinski definition) is 1. The number of nitrogens with zero attached hydrogens (tertiary/aromatic N) is 4. The number of halogens is 1. The predicted octanol–water partition coefficient (Wildman–Crippen LogP) is 0.289. The quantitative estimate of drug-likeness (QED) is 0.877. The van der Waals surface area contributed by atoms with E-state index in [9.17, 15) is 12.8 Å². The minimum absolute atomic E-state index is 0.145. The highest BCUT2D eigenvalue weighted by Gasteiger charge is 2.36. The zero-order valence-corrected chi connectivity index (χ0v) is 12.8. The van der Waals surface area contributed by atoms with Crippen molar-refractivity contribution in [1.82, 2.24) is 24.2 Å². The first kappa shape index (κ1) is 15.1. The van der Waals surface area contributed by atoms with E-state index in [-0.39, 0.29) is 11.4 Å². The van der Waals surface area contributed by atoms with Gasteiger partial charge in [-0.05, 0) is 6.07 Å². The molecule has 1 unspecified atom stereocenters. The summed E-state index contributed by atoms with van der Waals surface area (Å²) >= 11 is 0. The van der Waals surface area contributed by atoms with Gasteiger partial charge >= 0.3 is 0 Å². The molecule has 118 valence electrons. The Morgan fingerprint density at radius 1 is 1.41 bits per heavy atom. The minimum atomic E-state index is -3.84. The molecule has 0 aromatic carbocycles. The molecule has 2 aromatic heterocycles. The summed E-state index contributed by atoms with van der Waals surface area (Å²) in [6.07, 6.45) is 5.53. The lowest BCUT2D eigenvalue weighted by atomic mass is 10.2. The molecular weight excluding hydrogens is 309 g/mol.